The molecule has 54 heavy (non-hydrogen) atoms. The lowest BCUT2D eigenvalue weighted by Crippen LogP contribution is -2.54. The average Bonchev–Trinajstić information content (AvgIpc) is 3.89. The van der Waals surface area contributed by atoms with Crippen molar-refractivity contribution in [2.75, 3.05) is 57.5 Å². The van der Waals surface area contributed by atoms with Gasteiger partial charge in [-0.2, -0.15) is 25.9 Å². The molecule has 4 unspecified atom stereocenters. The van der Waals surface area contributed by atoms with Crippen LogP contribution in [0.3, 0.4) is 0 Å². The molecule has 0 radical (unpaired) electrons. The highest BCUT2D eigenvalue weighted by molar-refractivity contribution is 7.88. The molecule has 5 N–H and O–H groups in total. The Labute approximate surface area is 319 Å². The van der Waals surface area contributed by atoms with E-state index in [1.165, 1.54) is 26.6 Å². The predicted molar refractivity (Wildman–Crippen MR) is 208 cm³/mol. The number of carbonyl (C=O) groups is 2. The Morgan fingerprint density at radius 3 is 1.85 bits per heavy atom. The van der Waals surface area contributed by atoms with Gasteiger partial charge in [0, 0.05) is 49.1 Å². The van der Waals surface area contributed by atoms with Gasteiger partial charge in [0.15, 0.2) is 0 Å². The van der Waals surface area contributed by atoms with Crippen LogP contribution in [0, 0.1) is 11.8 Å². The molecule has 16 heteroatoms. The average molecular weight is 783 g/mol. The lowest BCUT2D eigenvalue weighted by atomic mass is 9.87. The molecule has 294 valence electrons. The molecular formula is C38H54N8O6S2. The molecule has 2 fully saturated rings. The Balaban J connectivity index is 0.981. The van der Waals surface area contributed by atoms with Crippen LogP contribution >= 0.6 is 0 Å². The summed E-state index contributed by atoms with van der Waals surface area (Å²) in [5.41, 5.74) is 9.98. The molecule has 0 spiro atoms. The van der Waals surface area contributed by atoms with E-state index < -0.39 is 38.0 Å². The largest absolute Gasteiger partial charge is 0.333 e. The highest BCUT2D eigenvalue weighted by Crippen LogP contribution is 2.47. The van der Waals surface area contributed by atoms with E-state index in [0.717, 1.165) is 111 Å². The van der Waals surface area contributed by atoms with Crippen molar-refractivity contribution < 1.29 is 26.4 Å². The van der Waals surface area contributed by atoms with E-state index in [4.69, 9.17) is 0 Å². The van der Waals surface area contributed by atoms with Crippen LogP contribution in [0.4, 0.5) is 21.0 Å². The number of amides is 4. The molecule has 4 aliphatic carbocycles. The molecule has 2 heterocycles. The molecule has 4 atom stereocenters. The number of rotatable bonds is 10. The van der Waals surface area contributed by atoms with Gasteiger partial charge < -0.3 is 20.4 Å². The summed E-state index contributed by atoms with van der Waals surface area (Å²) in [5.74, 6) is 0.582. The maximum atomic E-state index is 13.5. The van der Waals surface area contributed by atoms with E-state index >= 15 is 0 Å². The maximum Gasteiger partial charge on any atom is 0.333 e. The molecule has 6 aliphatic rings. The predicted octanol–water partition coefficient (Wildman–Crippen LogP) is 2.85. The van der Waals surface area contributed by atoms with Crippen molar-refractivity contribution in [1.29, 1.82) is 0 Å². The zero-order valence-corrected chi connectivity index (χ0v) is 33.4. The highest BCUT2D eigenvalue weighted by atomic mass is 32.2. The number of fused-ring (bicyclic) bond motifs is 6. The summed E-state index contributed by atoms with van der Waals surface area (Å²) in [6.07, 6.45) is 9.52. The second-order valence-electron chi connectivity index (χ2n) is 17.3. The van der Waals surface area contributed by atoms with E-state index in [1.807, 2.05) is 19.0 Å². The summed E-state index contributed by atoms with van der Waals surface area (Å²) in [5, 5.41) is 6.01. The topological polar surface area (TPSA) is 172 Å². The van der Waals surface area contributed by atoms with Gasteiger partial charge in [0.05, 0.1) is 0 Å². The number of hydrogen-bond acceptors (Lipinski definition) is 8. The van der Waals surface area contributed by atoms with Gasteiger partial charge in [0.25, 0.3) is 0 Å². The quantitative estimate of drug-likeness (QED) is 0.245. The van der Waals surface area contributed by atoms with Gasteiger partial charge in [-0.25, -0.2) is 19.0 Å². The van der Waals surface area contributed by atoms with E-state index in [-0.39, 0.29) is 12.0 Å². The zero-order valence-electron chi connectivity index (χ0n) is 31.8. The lowest BCUT2D eigenvalue weighted by molar-refractivity contribution is 0.211. The van der Waals surface area contributed by atoms with E-state index in [2.05, 4.69) is 41.8 Å². The molecule has 0 aromatic heterocycles. The van der Waals surface area contributed by atoms with Crippen LogP contribution in [0.1, 0.15) is 77.6 Å². The van der Waals surface area contributed by atoms with Crippen molar-refractivity contribution in [3.05, 3.63) is 56.6 Å². The fourth-order valence-electron chi connectivity index (χ4n) is 10.5. The SMILES string of the molecule is CN(C)CC(C)(C)NS(=O)(=O)NC(=O)Nc1c2c(cc3c1CC(C1Cc4cc5c(c(NC(=O)NS(=O)(=O)N6CCN7CCC6C7)c4C1)CCC5)C3)CCC2. The van der Waals surface area contributed by atoms with Crippen molar-refractivity contribution in [3.8, 4) is 0 Å². The minimum absolute atomic E-state index is 0.104. The number of benzene rings is 2. The normalized spacial score (nSPS) is 24.6. The van der Waals surface area contributed by atoms with Gasteiger partial charge in [-0.3, -0.25) is 0 Å². The first-order valence-electron chi connectivity index (χ1n) is 19.5. The molecule has 8 rings (SSSR count). The molecule has 2 aromatic rings. The Hall–Kier alpha value is -3.28. The number of nitrogens with one attached hydrogen (secondary N) is 5. The molecule has 2 bridgehead atoms. The Morgan fingerprint density at radius 2 is 1.30 bits per heavy atom. The first kappa shape index (κ1) is 37.6. The minimum atomic E-state index is -4.13. The molecule has 2 aromatic carbocycles. The van der Waals surface area contributed by atoms with Gasteiger partial charge in [0.2, 0.25) is 0 Å². The summed E-state index contributed by atoms with van der Waals surface area (Å²) >= 11 is 0. The van der Waals surface area contributed by atoms with E-state index in [9.17, 15) is 26.4 Å². The number of hydrogen-bond donors (Lipinski definition) is 5. The maximum absolute atomic E-state index is 13.5. The highest BCUT2D eigenvalue weighted by Gasteiger charge is 2.41. The van der Waals surface area contributed by atoms with Crippen LogP contribution in [0.2, 0.25) is 0 Å². The van der Waals surface area contributed by atoms with Gasteiger partial charge in [-0.15, -0.1) is 0 Å². The van der Waals surface area contributed by atoms with Crippen molar-refractivity contribution >= 4 is 43.9 Å². The fraction of sp³-hybridized carbons (Fsp3) is 0.632. The molecule has 0 saturated carbocycles. The van der Waals surface area contributed by atoms with E-state index in [1.54, 1.807) is 13.8 Å². The lowest BCUT2D eigenvalue weighted by Gasteiger charge is -2.33. The molecular weight excluding hydrogens is 729 g/mol. The number of anilines is 2. The van der Waals surface area contributed by atoms with Crippen molar-refractivity contribution in [2.24, 2.45) is 11.8 Å². The first-order chi connectivity index (χ1) is 25.5. The van der Waals surface area contributed by atoms with Crippen LogP contribution in [0.5, 0.6) is 0 Å². The van der Waals surface area contributed by atoms with Gasteiger partial charge in [-0.1, -0.05) is 12.1 Å². The molecule has 14 nitrogen and oxygen atoms in total. The van der Waals surface area contributed by atoms with Gasteiger partial charge in [0.1, 0.15) is 0 Å². The van der Waals surface area contributed by atoms with Crippen LogP contribution in [-0.2, 0) is 71.8 Å². The number of carbonyl (C=O) groups excluding carboxylic acids is 2. The second kappa shape index (κ2) is 14.0. The smallest absolute Gasteiger partial charge is 0.308 e. The Morgan fingerprint density at radius 1 is 0.741 bits per heavy atom. The van der Waals surface area contributed by atoms with Crippen LogP contribution in [-0.4, -0.2) is 101 Å². The zero-order chi connectivity index (χ0) is 38.2. The number of aryl methyl sites for hydroxylation is 2. The Bertz CT molecular complexity index is 2100. The third-order valence-electron chi connectivity index (χ3n) is 12.4. The van der Waals surface area contributed by atoms with Crippen molar-refractivity contribution in [1.82, 2.24) is 28.3 Å². The standard InChI is InChI=1S/C38H54N8O6S2/c1-38(2,22-44(3)4)43-53(49,50)41-36(47)39-34-30-9-5-7-23(30)15-27-17-25(19-32(27)34)26-18-28-16-24-8-6-10-31(24)35(33(28)20-26)40-37(48)42-54(51,52)46-14-13-45-12-11-29(46)21-45/h15-16,25-26,29,43H,5-14,17-22H2,1-4H3,(H2,39,41,47)(H2,40,42,48). The fourth-order valence-corrected chi connectivity index (χ4v) is 12.9. The van der Waals surface area contributed by atoms with Crippen molar-refractivity contribution in [3.63, 3.8) is 0 Å². The van der Waals surface area contributed by atoms with Gasteiger partial charge in [-0.05, 0) is 161 Å². The molecule has 2 saturated heterocycles. The van der Waals surface area contributed by atoms with Crippen LogP contribution < -0.4 is 24.8 Å². The minimum Gasteiger partial charge on any atom is -0.308 e. The number of likely N-dealkylation sites (N-methyl/N-ethyl adjacent to an activating group) is 1. The number of urea groups is 2. The van der Waals surface area contributed by atoms with Gasteiger partial charge >= 0.3 is 32.5 Å². The second-order valence-corrected chi connectivity index (χ2v) is 20.3. The summed E-state index contributed by atoms with van der Waals surface area (Å²) in [7, 11) is -4.40. The van der Waals surface area contributed by atoms with Crippen LogP contribution in [0.15, 0.2) is 12.1 Å². The summed E-state index contributed by atoms with van der Waals surface area (Å²) in [6, 6.07) is 3.00. The summed E-state index contributed by atoms with van der Waals surface area (Å²) < 4.78 is 61.3. The third-order valence-corrected chi connectivity index (χ3v) is 15.2. The molecule has 2 aliphatic heterocycles. The first-order valence-corrected chi connectivity index (χ1v) is 22.4. The van der Waals surface area contributed by atoms with E-state index in [0.29, 0.717) is 32.1 Å². The number of nitrogens with zero attached hydrogens (tertiary/aromatic N) is 3. The Kier molecular flexibility index (Phi) is 9.78. The summed E-state index contributed by atoms with van der Waals surface area (Å²) in [4.78, 5) is 30.9. The molecule has 4 amide bonds. The third kappa shape index (κ3) is 7.49. The monoisotopic (exact) mass is 782 g/mol. The van der Waals surface area contributed by atoms with Crippen LogP contribution in [0.25, 0.3) is 0 Å². The van der Waals surface area contributed by atoms with Crippen molar-refractivity contribution in [2.45, 2.75) is 96.1 Å². The number of piperazine rings is 1. The summed E-state index contributed by atoms with van der Waals surface area (Å²) in [6.45, 7) is 6.64.